The normalized spacial score (nSPS) is 10.5. The van der Waals surface area contributed by atoms with E-state index in [-0.39, 0.29) is 6.54 Å². The number of alkyl halides is 2. The van der Waals surface area contributed by atoms with Gasteiger partial charge in [0.2, 0.25) is 0 Å². The number of aryl methyl sites for hydroxylation is 2. The van der Waals surface area contributed by atoms with Gasteiger partial charge in [-0.1, -0.05) is 0 Å². The van der Waals surface area contributed by atoms with E-state index in [9.17, 15) is 8.78 Å². The summed E-state index contributed by atoms with van der Waals surface area (Å²) in [5, 5.41) is 2.52. The summed E-state index contributed by atoms with van der Waals surface area (Å²) in [6.07, 6.45) is -2.37. The second kappa shape index (κ2) is 4.11. The van der Waals surface area contributed by atoms with Crippen LogP contribution in [0.1, 0.15) is 11.5 Å². The molecule has 0 aromatic carbocycles. The van der Waals surface area contributed by atoms with Crippen molar-refractivity contribution < 1.29 is 8.78 Å². The Morgan fingerprint density at radius 2 is 2.08 bits per heavy atom. The van der Waals surface area contributed by atoms with Crippen molar-refractivity contribution in [1.29, 1.82) is 0 Å². The Bertz CT molecular complexity index is 268. The number of aromatic nitrogens is 2. The Hall–Kier alpha value is -1.26. The maximum Gasteiger partial charge on any atom is 0.255 e. The molecule has 0 spiro atoms. The van der Waals surface area contributed by atoms with Crippen LogP contribution >= 0.6 is 0 Å². The summed E-state index contributed by atoms with van der Waals surface area (Å²) >= 11 is 0. The number of anilines is 1. The van der Waals surface area contributed by atoms with Crippen molar-refractivity contribution in [3.63, 3.8) is 0 Å². The zero-order chi connectivity index (χ0) is 9.84. The number of nitrogens with one attached hydrogen (secondary N) is 1. The van der Waals surface area contributed by atoms with Gasteiger partial charge in [0.05, 0.1) is 6.54 Å². The molecule has 0 saturated heterocycles. The van der Waals surface area contributed by atoms with Gasteiger partial charge in [0, 0.05) is 11.8 Å². The van der Waals surface area contributed by atoms with Crippen LogP contribution in [-0.2, 0) is 0 Å². The fourth-order valence-corrected chi connectivity index (χ4v) is 0.989. The minimum Gasteiger partial charge on any atom is -0.364 e. The lowest BCUT2D eigenvalue weighted by Gasteiger charge is -2.05. The van der Waals surface area contributed by atoms with Gasteiger partial charge in [-0.25, -0.2) is 18.7 Å². The molecule has 0 aliphatic carbocycles. The van der Waals surface area contributed by atoms with Crippen LogP contribution in [0.3, 0.4) is 0 Å². The van der Waals surface area contributed by atoms with E-state index in [1.807, 2.05) is 0 Å². The van der Waals surface area contributed by atoms with Gasteiger partial charge in [0.25, 0.3) is 6.43 Å². The van der Waals surface area contributed by atoms with Gasteiger partial charge >= 0.3 is 0 Å². The highest BCUT2D eigenvalue weighted by Crippen LogP contribution is 2.06. The number of hydrogen-bond donors (Lipinski definition) is 1. The third kappa shape index (κ3) is 3.31. The maximum absolute atomic E-state index is 11.8. The molecule has 0 aliphatic rings. The van der Waals surface area contributed by atoms with Gasteiger partial charge in [-0.15, -0.1) is 0 Å². The van der Waals surface area contributed by atoms with Crippen LogP contribution < -0.4 is 5.32 Å². The van der Waals surface area contributed by atoms with Gasteiger partial charge < -0.3 is 5.32 Å². The van der Waals surface area contributed by atoms with Crippen molar-refractivity contribution in [2.24, 2.45) is 0 Å². The van der Waals surface area contributed by atoms with Crippen LogP contribution in [0.5, 0.6) is 0 Å². The lowest BCUT2D eigenvalue weighted by molar-refractivity contribution is 0.163. The van der Waals surface area contributed by atoms with Crippen molar-refractivity contribution in [2.75, 3.05) is 11.9 Å². The molecule has 1 rings (SSSR count). The molecule has 1 heterocycles. The molecule has 3 nitrogen and oxygen atoms in total. The molecule has 72 valence electrons. The Morgan fingerprint density at radius 1 is 1.38 bits per heavy atom. The predicted octanol–water partition coefficient (Wildman–Crippen LogP) is 1.77. The van der Waals surface area contributed by atoms with Crippen molar-refractivity contribution in [3.8, 4) is 0 Å². The number of hydrogen-bond acceptors (Lipinski definition) is 3. The topological polar surface area (TPSA) is 37.8 Å². The predicted molar refractivity (Wildman–Crippen MR) is 46.0 cm³/mol. The third-order valence-electron chi connectivity index (χ3n) is 1.40. The molecule has 0 bridgehead atoms. The maximum atomic E-state index is 11.8. The summed E-state index contributed by atoms with van der Waals surface area (Å²) in [4.78, 5) is 7.97. The first-order valence-electron chi connectivity index (χ1n) is 3.92. The van der Waals surface area contributed by atoms with Crippen LogP contribution in [0.4, 0.5) is 14.6 Å². The molecular formula is C8H11F2N3. The number of rotatable bonds is 3. The van der Waals surface area contributed by atoms with E-state index < -0.39 is 6.43 Å². The van der Waals surface area contributed by atoms with Crippen molar-refractivity contribution >= 4 is 5.82 Å². The fourth-order valence-electron chi connectivity index (χ4n) is 0.989. The summed E-state index contributed by atoms with van der Waals surface area (Å²) in [7, 11) is 0. The van der Waals surface area contributed by atoms with Crippen molar-refractivity contribution in [1.82, 2.24) is 9.97 Å². The van der Waals surface area contributed by atoms with E-state index in [1.165, 1.54) is 0 Å². The quantitative estimate of drug-likeness (QED) is 0.783. The molecule has 1 aromatic rings. The molecular weight excluding hydrogens is 176 g/mol. The van der Waals surface area contributed by atoms with Crippen LogP contribution in [0.15, 0.2) is 6.07 Å². The smallest absolute Gasteiger partial charge is 0.255 e. The molecule has 0 unspecified atom stereocenters. The second-order valence-electron chi connectivity index (χ2n) is 2.71. The van der Waals surface area contributed by atoms with Crippen molar-refractivity contribution in [3.05, 3.63) is 17.6 Å². The highest BCUT2D eigenvalue weighted by atomic mass is 19.3. The first kappa shape index (κ1) is 9.83. The molecule has 0 aliphatic heterocycles. The lowest BCUT2D eigenvalue weighted by Crippen LogP contribution is -2.12. The second-order valence-corrected chi connectivity index (χ2v) is 2.71. The number of nitrogens with zero attached hydrogens (tertiary/aromatic N) is 2. The van der Waals surface area contributed by atoms with Crippen molar-refractivity contribution in [2.45, 2.75) is 20.3 Å². The monoisotopic (exact) mass is 187 g/mol. The van der Waals surface area contributed by atoms with Crippen LogP contribution in [0.2, 0.25) is 0 Å². The SMILES string of the molecule is Cc1cc(NCC(F)F)nc(C)n1. The Balaban J connectivity index is 2.66. The van der Waals surface area contributed by atoms with Crippen LogP contribution in [0, 0.1) is 13.8 Å². The zero-order valence-corrected chi connectivity index (χ0v) is 7.51. The summed E-state index contributed by atoms with van der Waals surface area (Å²) in [6, 6.07) is 1.63. The molecule has 13 heavy (non-hydrogen) atoms. The summed E-state index contributed by atoms with van der Waals surface area (Å²) in [5.41, 5.74) is 0.768. The average molecular weight is 187 g/mol. The molecule has 1 aromatic heterocycles. The highest BCUT2D eigenvalue weighted by molar-refractivity contribution is 5.35. The zero-order valence-electron chi connectivity index (χ0n) is 7.51. The fraction of sp³-hybridized carbons (Fsp3) is 0.500. The average Bonchev–Trinajstić information content (AvgIpc) is 1.99. The van der Waals surface area contributed by atoms with Crippen LogP contribution in [-0.4, -0.2) is 22.9 Å². The van der Waals surface area contributed by atoms with E-state index in [1.54, 1.807) is 19.9 Å². The van der Waals surface area contributed by atoms with Gasteiger partial charge in [0.1, 0.15) is 11.6 Å². The van der Waals surface area contributed by atoms with E-state index in [2.05, 4.69) is 15.3 Å². The van der Waals surface area contributed by atoms with E-state index in [0.29, 0.717) is 11.6 Å². The lowest BCUT2D eigenvalue weighted by atomic mass is 10.4. The Morgan fingerprint density at radius 3 is 2.62 bits per heavy atom. The Kier molecular flexibility index (Phi) is 3.11. The molecule has 0 atom stereocenters. The largest absolute Gasteiger partial charge is 0.364 e. The van der Waals surface area contributed by atoms with E-state index in [0.717, 1.165) is 5.69 Å². The molecule has 0 radical (unpaired) electrons. The molecule has 0 fully saturated rings. The summed E-state index contributed by atoms with van der Waals surface area (Å²) < 4.78 is 23.6. The first-order valence-corrected chi connectivity index (χ1v) is 3.92. The first-order chi connectivity index (χ1) is 6.08. The van der Waals surface area contributed by atoms with Gasteiger partial charge in [-0.3, -0.25) is 0 Å². The minimum absolute atomic E-state index is 0.379. The summed E-state index contributed by atoms with van der Waals surface area (Å²) in [5.74, 6) is 1.03. The van der Waals surface area contributed by atoms with Gasteiger partial charge in [-0.2, -0.15) is 0 Å². The molecule has 5 heteroatoms. The molecule has 1 N–H and O–H groups in total. The highest BCUT2D eigenvalue weighted by Gasteiger charge is 2.03. The van der Waals surface area contributed by atoms with Gasteiger partial charge in [0.15, 0.2) is 0 Å². The Labute approximate surface area is 75.2 Å². The standard InChI is InChI=1S/C8H11F2N3/c1-5-3-8(11-4-7(9)10)13-6(2)12-5/h3,7H,4H2,1-2H3,(H,11,12,13). The van der Waals surface area contributed by atoms with E-state index in [4.69, 9.17) is 0 Å². The molecule has 0 amide bonds. The minimum atomic E-state index is -2.37. The summed E-state index contributed by atoms with van der Waals surface area (Å²) in [6.45, 7) is 3.14. The van der Waals surface area contributed by atoms with Crippen LogP contribution in [0.25, 0.3) is 0 Å². The van der Waals surface area contributed by atoms with Gasteiger partial charge in [-0.05, 0) is 13.8 Å². The van der Waals surface area contributed by atoms with E-state index >= 15 is 0 Å². The molecule has 0 saturated carbocycles. The third-order valence-corrected chi connectivity index (χ3v) is 1.40. The number of halogens is 2.